The Hall–Kier alpha value is 0.0500. The van der Waals surface area contributed by atoms with Crippen molar-refractivity contribution in [2.75, 3.05) is 20.1 Å². The number of thiophene rings is 1. The van der Waals surface area contributed by atoms with Gasteiger partial charge in [-0.15, -0.1) is 11.3 Å². The number of halogens is 1. The lowest BCUT2D eigenvalue weighted by molar-refractivity contribution is 0.299. The number of nitrogens with zero attached hydrogens (tertiary/aromatic N) is 1. The summed E-state index contributed by atoms with van der Waals surface area (Å²) in [7, 11) is -1.38. The maximum atomic E-state index is 12.4. The Morgan fingerprint density at radius 1 is 1.47 bits per heavy atom. The molecule has 1 aliphatic rings. The highest BCUT2D eigenvalue weighted by Gasteiger charge is 2.30. The van der Waals surface area contributed by atoms with Gasteiger partial charge in [0.05, 0.1) is 0 Å². The molecule has 1 aliphatic heterocycles. The second-order valence-electron chi connectivity index (χ2n) is 4.02. The topological polar surface area (TPSA) is 49.4 Å². The molecule has 1 fully saturated rings. The first-order valence-electron chi connectivity index (χ1n) is 5.46. The van der Waals surface area contributed by atoms with E-state index in [1.807, 2.05) is 7.05 Å². The predicted octanol–water partition coefficient (Wildman–Crippen LogP) is 1.88. The fourth-order valence-electron chi connectivity index (χ4n) is 1.97. The lowest BCUT2D eigenvalue weighted by Crippen LogP contribution is -2.43. The van der Waals surface area contributed by atoms with Gasteiger partial charge in [-0.25, -0.2) is 8.42 Å². The van der Waals surface area contributed by atoms with Crippen molar-refractivity contribution in [1.82, 2.24) is 9.62 Å². The Morgan fingerprint density at radius 2 is 2.12 bits per heavy atom. The van der Waals surface area contributed by atoms with Gasteiger partial charge in [-0.1, -0.05) is 0 Å². The number of hydrogen-bond donors (Lipinski definition) is 1. The average Bonchev–Trinajstić information content (AvgIpc) is 2.76. The molecule has 4 nitrogen and oxygen atoms in total. The molecule has 0 bridgehead atoms. The zero-order valence-electron chi connectivity index (χ0n) is 9.52. The molecular weight excluding hydrogens is 324 g/mol. The lowest BCUT2D eigenvalue weighted by Gasteiger charge is -2.30. The van der Waals surface area contributed by atoms with E-state index in [4.69, 9.17) is 0 Å². The Morgan fingerprint density at radius 3 is 2.59 bits per heavy atom. The van der Waals surface area contributed by atoms with Crippen LogP contribution in [0.5, 0.6) is 0 Å². The van der Waals surface area contributed by atoms with Gasteiger partial charge in [0.1, 0.15) is 4.21 Å². The van der Waals surface area contributed by atoms with Crippen LogP contribution in [-0.2, 0) is 10.0 Å². The van der Waals surface area contributed by atoms with Crippen LogP contribution in [0.15, 0.2) is 20.1 Å². The van der Waals surface area contributed by atoms with E-state index in [1.165, 1.54) is 11.3 Å². The van der Waals surface area contributed by atoms with E-state index < -0.39 is 10.0 Å². The molecule has 0 saturated carbocycles. The third kappa shape index (κ3) is 2.73. The quantitative estimate of drug-likeness (QED) is 0.915. The molecule has 0 unspecified atom stereocenters. The van der Waals surface area contributed by atoms with Crippen molar-refractivity contribution in [2.45, 2.75) is 23.1 Å². The van der Waals surface area contributed by atoms with E-state index in [-0.39, 0.29) is 0 Å². The second-order valence-corrected chi connectivity index (χ2v) is 7.93. The smallest absolute Gasteiger partial charge is 0.253 e. The van der Waals surface area contributed by atoms with E-state index in [1.54, 1.807) is 15.8 Å². The molecule has 2 rings (SSSR count). The third-order valence-electron chi connectivity index (χ3n) is 3.02. The minimum Gasteiger partial charge on any atom is -0.317 e. The molecule has 7 heteroatoms. The van der Waals surface area contributed by atoms with E-state index in [2.05, 4.69) is 21.2 Å². The van der Waals surface area contributed by atoms with Crippen molar-refractivity contribution < 1.29 is 8.42 Å². The molecule has 1 N–H and O–H groups in total. The van der Waals surface area contributed by atoms with Crippen LogP contribution >= 0.6 is 27.3 Å². The van der Waals surface area contributed by atoms with Gasteiger partial charge >= 0.3 is 0 Å². The molecular formula is C10H15BrN2O2S2. The van der Waals surface area contributed by atoms with Gasteiger partial charge < -0.3 is 5.32 Å². The van der Waals surface area contributed by atoms with Crippen molar-refractivity contribution in [1.29, 1.82) is 0 Å². The molecule has 0 amide bonds. The summed E-state index contributed by atoms with van der Waals surface area (Å²) in [6.45, 7) is 1.19. The van der Waals surface area contributed by atoms with Gasteiger partial charge in [0.15, 0.2) is 0 Å². The normalized spacial score (nSPS) is 19.6. The SMILES string of the molecule is CNC1CCN(S(=O)(=O)c2sccc2Br)CC1. The monoisotopic (exact) mass is 338 g/mol. The second kappa shape index (κ2) is 5.36. The summed E-state index contributed by atoms with van der Waals surface area (Å²) in [5.74, 6) is 0. The summed E-state index contributed by atoms with van der Waals surface area (Å²) in [5, 5.41) is 4.98. The van der Waals surface area contributed by atoms with Gasteiger partial charge in [-0.2, -0.15) is 4.31 Å². The van der Waals surface area contributed by atoms with Crippen molar-refractivity contribution >= 4 is 37.3 Å². The lowest BCUT2D eigenvalue weighted by atomic mass is 10.1. The summed E-state index contributed by atoms with van der Waals surface area (Å²) >= 11 is 4.55. The molecule has 0 aromatic carbocycles. The minimum absolute atomic E-state index is 0.417. The molecule has 17 heavy (non-hydrogen) atoms. The van der Waals surface area contributed by atoms with Gasteiger partial charge in [0.25, 0.3) is 10.0 Å². The Labute approximate surface area is 114 Å². The van der Waals surface area contributed by atoms with Crippen LogP contribution in [0.25, 0.3) is 0 Å². The highest BCUT2D eigenvalue weighted by molar-refractivity contribution is 9.10. The van der Waals surface area contributed by atoms with Crippen LogP contribution in [0, 0.1) is 0 Å². The number of hydrogen-bond acceptors (Lipinski definition) is 4. The Kier molecular flexibility index (Phi) is 4.25. The average molecular weight is 339 g/mol. The van der Waals surface area contributed by atoms with E-state index in [0.717, 1.165) is 12.8 Å². The van der Waals surface area contributed by atoms with Crippen molar-refractivity contribution in [3.05, 3.63) is 15.9 Å². The van der Waals surface area contributed by atoms with E-state index >= 15 is 0 Å². The molecule has 0 atom stereocenters. The van der Waals surface area contributed by atoms with Crippen molar-refractivity contribution in [3.63, 3.8) is 0 Å². The largest absolute Gasteiger partial charge is 0.317 e. The number of rotatable bonds is 3. The van der Waals surface area contributed by atoms with Crippen LogP contribution in [-0.4, -0.2) is 38.9 Å². The zero-order chi connectivity index (χ0) is 12.5. The van der Waals surface area contributed by atoms with Gasteiger partial charge in [0, 0.05) is 23.6 Å². The van der Waals surface area contributed by atoms with Gasteiger partial charge in [-0.3, -0.25) is 0 Å². The van der Waals surface area contributed by atoms with Gasteiger partial charge in [-0.05, 0) is 47.3 Å². The predicted molar refractivity (Wildman–Crippen MR) is 72.9 cm³/mol. The molecule has 1 aromatic heterocycles. The molecule has 0 spiro atoms. The molecule has 2 heterocycles. The first kappa shape index (κ1) is 13.5. The highest BCUT2D eigenvalue weighted by atomic mass is 79.9. The molecule has 96 valence electrons. The highest BCUT2D eigenvalue weighted by Crippen LogP contribution is 2.31. The number of nitrogens with one attached hydrogen (secondary N) is 1. The van der Waals surface area contributed by atoms with Crippen LogP contribution < -0.4 is 5.32 Å². The first-order chi connectivity index (χ1) is 8.05. The number of piperidine rings is 1. The fraction of sp³-hybridized carbons (Fsp3) is 0.600. The summed E-state index contributed by atoms with van der Waals surface area (Å²) in [4.78, 5) is 0. The summed E-state index contributed by atoms with van der Waals surface area (Å²) in [5.41, 5.74) is 0. The standard InChI is InChI=1S/C10H15BrN2O2S2/c1-12-8-2-5-13(6-3-8)17(14,15)10-9(11)4-7-16-10/h4,7-8,12H,2-3,5-6H2,1H3. The number of sulfonamides is 1. The first-order valence-corrected chi connectivity index (χ1v) is 8.57. The molecule has 0 radical (unpaired) electrons. The van der Waals surface area contributed by atoms with Crippen LogP contribution in [0.4, 0.5) is 0 Å². The van der Waals surface area contributed by atoms with Crippen LogP contribution in [0.3, 0.4) is 0 Å². The Balaban J connectivity index is 2.16. The summed E-state index contributed by atoms with van der Waals surface area (Å²) in [6, 6.07) is 2.21. The van der Waals surface area contributed by atoms with Crippen LogP contribution in [0.2, 0.25) is 0 Å². The summed E-state index contributed by atoms with van der Waals surface area (Å²) in [6.07, 6.45) is 1.75. The van der Waals surface area contributed by atoms with Crippen molar-refractivity contribution in [2.24, 2.45) is 0 Å². The third-order valence-corrected chi connectivity index (χ3v) is 7.57. The van der Waals surface area contributed by atoms with Crippen molar-refractivity contribution in [3.8, 4) is 0 Å². The summed E-state index contributed by atoms with van der Waals surface area (Å²) < 4.78 is 27.4. The maximum absolute atomic E-state index is 12.4. The zero-order valence-corrected chi connectivity index (χ0v) is 12.7. The van der Waals surface area contributed by atoms with Gasteiger partial charge in [0.2, 0.25) is 0 Å². The fourth-order valence-corrected chi connectivity index (χ4v) is 5.89. The van der Waals surface area contributed by atoms with E-state index in [0.29, 0.717) is 27.8 Å². The molecule has 0 aliphatic carbocycles. The maximum Gasteiger partial charge on any atom is 0.253 e. The van der Waals surface area contributed by atoms with E-state index in [9.17, 15) is 8.42 Å². The minimum atomic E-state index is -3.30. The molecule has 1 saturated heterocycles. The Bertz CT molecular complexity index is 478. The van der Waals surface area contributed by atoms with Crippen LogP contribution in [0.1, 0.15) is 12.8 Å². The molecule has 1 aromatic rings.